The molecule has 1 aliphatic heterocycles. The first-order valence-corrected chi connectivity index (χ1v) is 18.0. The van der Waals surface area contributed by atoms with Crippen LogP contribution < -0.4 is 25.4 Å². The van der Waals surface area contributed by atoms with E-state index in [1.165, 1.54) is 6.08 Å². The van der Waals surface area contributed by atoms with E-state index in [2.05, 4.69) is 45.4 Å². The number of alkyl carbamates (subject to hydrolysis) is 1. The molecule has 51 heavy (non-hydrogen) atoms. The molecule has 1 saturated heterocycles. The third kappa shape index (κ3) is 8.39. The molecule has 3 fully saturated rings. The molecule has 1 aromatic carbocycles. The summed E-state index contributed by atoms with van der Waals surface area (Å²) in [6.45, 7) is 15.6. The molecule has 0 spiro atoms. The van der Waals surface area contributed by atoms with Crippen molar-refractivity contribution in [3.63, 3.8) is 0 Å². The van der Waals surface area contributed by atoms with Crippen molar-refractivity contribution in [3.8, 4) is 5.88 Å². The summed E-state index contributed by atoms with van der Waals surface area (Å²) in [6.07, 6.45) is 2.86. The van der Waals surface area contributed by atoms with Crippen molar-refractivity contribution in [2.75, 3.05) is 6.54 Å². The molecular weight excluding hydrogens is 680 g/mol. The summed E-state index contributed by atoms with van der Waals surface area (Å²) in [4.78, 5) is 72.4. The number of benzene rings is 1. The Balaban J connectivity index is 1.45. The van der Waals surface area contributed by atoms with E-state index < -0.39 is 80.4 Å². The van der Waals surface area contributed by atoms with Gasteiger partial charge in [0, 0.05) is 23.9 Å². The third-order valence-electron chi connectivity index (χ3n) is 8.74. The van der Waals surface area contributed by atoms with Crippen molar-refractivity contribution in [2.45, 2.75) is 81.2 Å². The summed E-state index contributed by atoms with van der Waals surface area (Å²) in [5.41, 5.74) is -1.76. The molecule has 5 amide bonds. The first kappa shape index (κ1) is 37.0. The molecule has 0 unspecified atom stereocenters. The molecule has 15 nitrogen and oxygen atoms in total. The molecule has 16 heteroatoms. The molecule has 5 atom stereocenters. The Labute approximate surface area is 295 Å². The average Bonchev–Trinajstić information content (AvgIpc) is 4.00. The van der Waals surface area contributed by atoms with Crippen molar-refractivity contribution in [1.82, 2.24) is 30.6 Å². The lowest BCUT2D eigenvalue weighted by Crippen LogP contribution is -2.61. The zero-order valence-electron chi connectivity index (χ0n) is 28.6. The van der Waals surface area contributed by atoms with E-state index in [0.717, 1.165) is 21.9 Å². The van der Waals surface area contributed by atoms with Gasteiger partial charge in [-0.3, -0.25) is 29.2 Å². The maximum atomic E-state index is 14.2. The summed E-state index contributed by atoms with van der Waals surface area (Å²) in [7, 11) is -3.94. The molecular formula is C35H42N6O9S. The van der Waals surface area contributed by atoms with Gasteiger partial charge in [-0.2, -0.15) is 0 Å². The number of carbonyl (C=O) groups excluding carboxylic acids is 5. The van der Waals surface area contributed by atoms with E-state index in [0.29, 0.717) is 18.2 Å². The lowest BCUT2D eigenvalue weighted by Gasteiger charge is -2.30. The van der Waals surface area contributed by atoms with Gasteiger partial charge in [0.15, 0.2) is 6.17 Å². The largest absolute Gasteiger partial charge is 0.472 e. The predicted molar refractivity (Wildman–Crippen MR) is 187 cm³/mol. The summed E-state index contributed by atoms with van der Waals surface area (Å²) in [5, 5.41) is 8.19. The number of fused-ring (bicyclic) bond motifs is 1. The van der Waals surface area contributed by atoms with Gasteiger partial charge in [0.05, 0.1) is 11.8 Å². The van der Waals surface area contributed by atoms with Gasteiger partial charge in [0.1, 0.15) is 23.3 Å². The number of sulfonamides is 1. The smallest absolute Gasteiger partial charge is 0.409 e. The fourth-order valence-electron chi connectivity index (χ4n) is 5.88. The molecule has 2 saturated carbocycles. The van der Waals surface area contributed by atoms with Crippen LogP contribution in [-0.2, 0) is 33.9 Å². The van der Waals surface area contributed by atoms with E-state index in [9.17, 15) is 32.4 Å². The Hall–Kier alpha value is -5.25. The Morgan fingerprint density at radius 3 is 2.41 bits per heavy atom. The zero-order chi connectivity index (χ0) is 37.3. The third-order valence-corrected chi connectivity index (χ3v) is 10.6. The highest BCUT2D eigenvalue weighted by Gasteiger charge is 2.62. The predicted octanol–water partition coefficient (Wildman–Crippen LogP) is 2.05. The van der Waals surface area contributed by atoms with Gasteiger partial charge < -0.3 is 25.0 Å². The number of amides is 5. The normalized spacial score (nSPS) is 23.3. The lowest BCUT2D eigenvalue weighted by atomic mass is 10.1. The van der Waals surface area contributed by atoms with E-state index in [1.807, 2.05) is 18.2 Å². The summed E-state index contributed by atoms with van der Waals surface area (Å²) < 4.78 is 39.0. The summed E-state index contributed by atoms with van der Waals surface area (Å²) in [6, 6.07) is 6.07. The number of likely N-dealkylation sites (tertiary alicyclic amines) is 1. The van der Waals surface area contributed by atoms with E-state index in [4.69, 9.17) is 9.47 Å². The second kappa shape index (κ2) is 14.2. The minimum Gasteiger partial charge on any atom is -0.472 e. The SMILES string of the molecule is C=CC(=O)N[C@H](NC(=O)OC(C)(C)C)C(=O)N1C[C@H](Oc2nccc3ccc(C=C)cc23)C[C@H]1C(=O)N[C@]1(C(=O)NS(=O)(=O)C2CC2)C[C@H]1C=C. The van der Waals surface area contributed by atoms with E-state index >= 15 is 0 Å². The van der Waals surface area contributed by atoms with Crippen LogP contribution in [0.2, 0.25) is 0 Å². The Bertz CT molecular complexity index is 1900. The molecule has 1 aromatic heterocycles. The molecule has 3 aliphatic rings. The maximum Gasteiger partial charge on any atom is 0.409 e. The Kier molecular flexibility index (Phi) is 10.3. The quantitative estimate of drug-likeness (QED) is 0.135. The fraction of sp³-hybridized carbons (Fsp3) is 0.429. The second-order valence-electron chi connectivity index (χ2n) is 13.8. The Morgan fingerprint density at radius 1 is 1.08 bits per heavy atom. The number of pyridine rings is 1. The van der Waals surface area contributed by atoms with Gasteiger partial charge in [-0.15, -0.1) is 6.58 Å². The molecule has 0 radical (unpaired) electrons. The Morgan fingerprint density at radius 2 is 1.80 bits per heavy atom. The zero-order valence-corrected chi connectivity index (χ0v) is 29.5. The number of nitrogens with zero attached hydrogens (tertiary/aromatic N) is 2. The number of hydrogen-bond donors (Lipinski definition) is 4. The minimum atomic E-state index is -3.94. The number of rotatable bonds is 13. The number of nitrogens with one attached hydrogen (secondary N) is 4. The second-order valence-corrected chi connectivity index (χ2v) is 15.7. The first-order chi connectivity index (χ1) is 24.0. The van der Waals surface area contributed by atoms with Crippen molar-refractivity contribution >= 4 is 56.6 Å². The van der Waals surface area contributed by atoms with Gasteiger partial charge in [-0.25, -0.2) is 18.2 Å². The standard InChI is InChI=1S/C35H42N6O9S/c1-7-20-10-11-21-14-15-36-30(25(21)16-20)49-23-17-26(29(43)39-35(18-22(35)8-2)32(45)40-51(47,48)24-12-13-24)41(19-23)31(44)28(37-27(42)9-3)38-33(46)50-34(4,5)6/h7-11,14-16,22-24,26,28H,1-3,12-13,17-19H2,4-6H3,(H,37,42)(H,38,46)(H,39,43)(H,40,45)/t22-,23-,26+,28-,35-/m1/s1. The van der Waals surface area contributed by atoms with Crippen molar-refractivity contribution in [2.24, 2.45) is 5.92 Å². The van der Waals surface area contributed by atoms with Crippen LogP contribution in [-0.4, -0.2) is 89.3 Å². The summed E-state index contributed by atoms with van der Waals surface area (Å²) in [5.74, 6) is -3.74. The highest BCUT2D eigenvalue weighted by Crippen LogP contribution is 2.45. The highest BCUT2D eigenvalue weighted by molar-refractivity contribution is 7.91. The van der Waals surface area contributed by atoms with Crippen LogP contribution in [0, 0.1) is 5.92 Å². The van der Waals surface area contributed by atoms with Gasteiger partial charge in [0.2, 0.25) is 27.7 Å². The van der Waals surface area contributed by atoms with Crippen molar-refractivity contribution in [3.05, 3.63) is 67.9 Å². The average molecular weight is 723 g/mol. The van der Waals surface area contributed by atoms with Gasteiger partial charge in [0.25, 0.3) is 11.8 Å². The van der Waals surface area contributed by atoms with Crippen LogP contribution in [0.25, 0.3) is 16.8 Å². The molecule has 272 valence electrons. The van der Waals surface area contributed by atoms with Crippen LogP contribution in [0.5, 0.6) is 5.88 Å². The monoisotopic (exact) mass is 722 g/mol. The lowest BCUT2D eigenvalue weighted by molar-refractivity contribution is -0.142. The maximum absolute atomic E-state index is 14.2. The number of carbonyl (C=O) groups is 5. The van der Waals surface area contributed by atoms with E-state index in [-0.39, 0.29) is 25.3 Å². The molecule has 5 rings (SSSR count). The van der Waals surface area contributed by atoms with Crippen LogP contribution in [0.1, 0.15) is 52.0 Å². The molecule has 4 N–H and O–H groups in total. The molecule has 2 aromatic rings. The highest BCUT2D eigenvalue weighted by atomic mass is 32.2. The van der Waals surface area contributed by atoms with Crippen LogP contribution in [0.3, 0.4) is 0 Å². The molecule has 0 bridgehead atoms. The number of hydrogen-bond acceptors (Lipinski definition) is 10. The number of aromatic nitrogens is 1. The van der Waals surface area contributed by atoms with Gasteiger partial charge in [-0.05, 0) is 69.2 Å². The van der Waals surface area contributed by atoms with Gasteiger partial charge in [-0.1, -0.05) is 37.4 Å². The van der Waals surface area contributed by atoms with Crippen LogP contribution in [0.15, 0.2) is 62.4 Å². The summed E-state index contributed by atoms with van der Waals surface area (Å²) >= 11 is 0. The molecule has 2 heterocycles. The number of ether oxygens (including phenoxy) is 2. The molecule has 2 aliphatic carbocycles. The first-order valence-electron chi connectivity index (χ1n) is 16.4. The van der Waals surface area contributed by atoms with Crippen molar-refractivity contribution in [1.29, 1.82) is 0 Å². The minimum absolute atomic E-state index is 0.0820. The van der Waals surface area contributed by atoms with Gasteiger partial charge >= 0.3 is 6.09 Å². The van der Waals surface area contributed by atoms with E-state index in [1.54, 1.807) is 39.1 Å². The topological polar surface area (TPSA) is 202 Å². The fourth-order valence-corrected chi connectivity index (χ4v) is 7.25. The van der Waals surface area contributed by atoms with Crippen LogP contribution >= 0.6 is 0 Å². The van der Waals surface area contributed by atoms with Crippen LogP contribution in [0.4, 0.5) is 4.79 Å². The van der Waals surface area contributed by atoms with Crippen molar-refractivity contribution < 1.29 is 41.9 Å².